The fraction of sp³-hybridized carbons (Fsp3) is 0.267. The highest BCUT2D eigenvalue weighted by atomic mass is 32.2. The lowest BCUT2D eigenvalue weighted by Gasteiger charge is -2.12. The summed E-state index contributed by atoms with van der Waals surface area (Å²) in [4.78, 5) is 25.5. The van der Waals surface area contributed by atoms with Crippen molar-refractivity contribution in [1.29, 1.82) is 0 Å². The maximum Gasteiger partial charge on any atom is 0.307 e. The van der Waals surface area contributed by atoms with E-state index in [1.54, 1.807) is 13.2 Å². The Morgan fingerprint density at radius 3 is 2.59 bits per heavy atom. The van der Waals surface area contributed by atoms with E-state index in [0.29, 0.717) is 9.23 Å². The number of nitrogens with zero attached hydrogens (tertiary/aromatic N) is 1. The number of ether oxygens (including phenoxy) is 2. The van der Waals surface area contributed by atoms with E-state index < -0.39 is 0 Å². The maximum absolute atomic E-state index is 12.3. The van der Waals surface area contributed by atoms with E-state index >= 15 is 0 Å². The molecule has 1 amide bonds. The summed E-state index contributed by atoms with van der Waals surface area (Å²) in [6.07, 6.45) is 1.90. The highest BCUT2D eigenvalue weighted by molar-refractivity contribution is 8.26. The normalized spacial score (nSPS) is 16.3. The van der Waals surface area contributed by atoms with Crippen molar-refractivity contribution in [3.8, 4) is 5.75 Å². The zero-order chi connectivity index (χ0) is 16.1. The molecule has 5 nitrogen and oxygen atoms in total. The molecule has 1 saturated heterocycles. The van der Waals surface area contributed by atoms with Gasteiger partial charge in [0.1, 0.15) is 10.1 Å². The lowest BCUT2D eigenvalue weighted by Crippen LogP contribution is -2.30. The summed E-state index contributed by atoms with van der Waals surface area (Å²) in [5.41, 5.74) is 0.884. The van der Waals surface area contributed by atoms with Crippen molar-refractivity contribution < 1.29 is 19.1 Å². The van der Waals surface area contributed by atoms with E-state index in [1.165, 1.54) is 23.8 Å². The highest BCUT2D eigenvalue weighted by Gasteiger charge is 2.32. The first kappa shape index (κ1) is 16.5. The van der Waals surface area contributed by atoms with Gasteiger partial charge in [-0.05, 0) is 23.8 Å². The van der Waals surface area contributed by atoms with Crippen LogP contribution in [-0.2, 0) is 14.3 Å². The minimum atomic E-state index is -0.367. The smallest absolute Gasteiger partial charge is 0.307 e. The molecule has 0 aromatic heterocycles. The number of esters is 1. The van der Waals surface area contributed by atoms with Gasteiger partial charge in [-0.1, -0.05) is 36.1 Å². The van der Waals surface area contributed by atoms with Gasteiger partial charge in [-0.15, -0.1) is 0 Å². The van der Waals surface area contributed by atoms with Crippen LogP contribution in [0.2, 0.25) is 0 Å². The van der Waals surface area contributed by atoms with Gasteiger partial charge in [0.2, 0.25) is 0 Å². The van der Waals surface area contributed by atoms with Gasteiger partial charge in [-0.2, -0.15) is 0 Å². The second-order valence-corrected chi connectivity index (χ2v) is 6.11. The lowest BCUT2D eigenvalue weighted by molar-refractivity contribution is -0.140. The Kier molecular flexibility index (Phi) is 5.57. The Hall–Kier alpha value is -1.86. The standard InChI is InChI=1S/C15H15NO4S2/c1-19-11-5-3-10(4-6-11)9-12-14(18)16(15(21)22-12)8-7-13(17)20-2/h3-6,9H,7-8H2,1-2H3. The Morgan fingerprint density at radius 2 is 2.00 bits per heavy atom. The third-order valence-electron chi connectivity index (χ3n) is 3.05. The van der Waals surface area contributed by atoms with Crippen LogP contribution >= 0.6 is 24.0 Å². The third kappa shape index (κ3) is 3.86. The van der Waals surface area contributed by atoms with Crippen LogP contribution in [0.1, 0.15) is 12.0 Å². The molecule has 0 aliphatic carbocycles. The Bertz CT molecular complexity index is 625. The van der Waals surface area contributed by atoms with Crippen molar-refractivity contribution in [2.75, 3.05) is 20.8 Å². The Labute approximate surface area is 138 Å². The molecule has 1 aromatic rings. The van der Waals surface area contributed by atoms with Crippen LogP contribution in [0, 0.1) is 0 Å². The molecule has 1 heterocycles. The van der Waals surface area contributed by atoms with Crippen molar-refractivity contribution in [3.05, 3.63) is 34.7 Å². The first-order chi connectivity index (χ1) is 10.5. The fourth-order valence-corrected chi connectivity index (χ4v) is 3.16. The topological polar surface area (TPSA) is 55.8 Å². The average Bonchev–Trinajstić information content (AvgIpc) is 2.79. The molecule has 0 N–H and O–H groups in total. The van der Waals surface area contributed by atoms with Crippen LogP contribution in [0.3, 0.4) is 0 Å². The summed E-state index contributed by atoms with van der Waals surface area (Å²) in [6.45, 7) is 0.233. The van der Waals surface area contributed by atoms with E-state index in [2.05, 4.69) is 4.74 Å². The number of thiocarbonyl (C=S) groups is 1. The Balaban J connectivity index is 2.09. The zero-order valence-corrected chi connectivity index (χ0v) is 13.8. The van der Waals surface area contributed by atoms with Gasteiger partial charge < -0.3 is 9.47 Å². The molecule has 2 rings (SSSR count). The third-order valence-corrected chi connectivity index (χ3v) is 4.43. The molecule has 1 aliphatic rings. The van der Waals surface area contributed by atoms with Gasteiger partial charge in [-0.25, -0.2) is 0 Å². The van der Waals surface area contributed by atoms with E-state index in [-0.39, 0.29) is 24.8 Å². The van der Waals surface area contributed by atoms with Gasteiger partial charge in [0.25, 0.3) is 5.91 Å². The minimum absolute atomic E-state index is 0.124. The predicted octanol–water partition coefficient (Wildman–Crippen LogP) is 2.46. The van der Waals surface area contributed by atoms with Crippen LogP contribution in [0.15, 0.2) is 29.2 Å². The molecular formula is C15H15NO4S2. The molecule has 1 aliphatic heterocycles. The van der Waals surface area contributed by atoms with Crippen molar-refractivity contribution in [1.82, 2.24) is 4.90 Å². The SMILES string of the molecule is COC(=O)CCN1C(=O)C(=Cc2ccc(OC)cc2)SC1=S. The van der Waals surface area contributed by atoms with Gasteiger partial charge in [-0.3, -0.25) is 14.5 Å². The largest absolute Gasteiger partial charge is 0.497 e. The monoisotopic (exact) mass is 337 g/mol. The second kappa shape index (κ2) is 7.42. The predicted molar refractivity (Wildman–Crippen MR) is 89.5 cm³/mol. The number of methoxy groups -OCH3 is 2. The quantitative estimate of drug-likeness (QED) is 0.467. The van der Waals surface area contributed by atoms with Crippen molar-refractivity contribution >= 4 is 46.3 Å². The average molecular weight is 337 g/mol. The number of carbonyl (C=O) groups excluding carboxylic acids is 2. The maximum atomic E-state index is 12.3. The van der Waals surface area contributed by atoms with Crippen LogP contribution in [0.4, 0.5) is 0 Å². The van der Waals surface area contributed by atoms with E-state index in [4.69, 9.17) is 17.0 Å². The summed E-state index contributed by atoms with van der Waals surface area (Å²) in [5, 5.41) is 0. The molecule has 7 heteroatoms. The molecule has 0 spiro atoms. The number of benzene rings is 1. The first-order valence-electron chi connectivity index (χ1n) is 6.51. The molecule has 1 fully saturated rings. The van der Waals surface area contributed by atoms with Crippen LogP contribution in [0.5, 0.6) is 5.75 Å². The van der Waals surface area contributed by atoms with Crippen LogP contribution in [-0.4, -0.2) is 41.9 Å². The molecule has 116 valence electrons. The molecule has 0 atom stereocenters. The summed E-state index contributed by atoms with van der Waals surface area (Å²) >= 11 is 6.43. The van der Waals surface area contributed by atoms with E-state index in [0.717, 1.165) is 11.3 Å². The lowest BCUT2D eigenvalue weighted by atomic mass is 10.2. The van der Waals surface area contributed by atoms with E-state index in [9.17, 15) is 9.59 Å². The van der Waals surface area contributed by atoms with Crippen molar-refractivity contribution in [2.45, 2.75) is 6.42 Å². The van der Waals surface area contributed by atoms with Gasteiger partial charge in [0.15, 0.2) is 0 Å². The first-order valence-corrected chi connectivity index (χ1v) is 7.74. The minimum Gasteiger partial charge on any atom is -0.497 e. The summed E-state index contributed by atoms with van der Waals surface area (Å²) in [5.74, 6) is 0.200. The van der Waals surface area contributed by atoms with Crippen LogP contribution < -0.4 is 4.74 Å². The molecule has 0 saturated carbocycles. The number of amides is 1. The summed E-state index contributed by atoms with van der Waals surface area (Å²) in [7, 11) is 2.91. The zero-order valence-electron chi connectivity index (χ0n) is 12.2. The van der Waals surface area contributed by atoms with Gasteiger partial charge in [0, 0.05) is 6.54 Å². The van der Waals surface area contributed by atoms with Crippen molar-refractivity contribution in [2.24, 2.45) is 0 Å². The number of carbonyl (C=O) groups is 2. The fourth-order valence-electron chi connectivity index (χ4n) is 1.85. The van der Waals surface area contributed by atoms with E-state index in [1.807, 2.05) is 24.3 Å². The number of thioether (sulfide) groups is 1. The number of rotatable bonds is 5. The van der Waals surface area contributed by atoms with Gasteiger partial charge in [0.05, 0.1) is 25.5 Å². The summed E-state index contributed by atoms with van der Waals surface area (Å²) < 4.78 is 10.1. The molecular weight excluding hydrogens is 322 g/mol. The number of hydrogen-bond acceptors (Lipinski definition) is 6. The molecule has 0 bridgehead atoms. The molecule has 0 radical (unpaired) electrons. The highest BCUT2D eigenvalue weighted by Crippen LogP contribution is 2.32. The summed E-state index contributed by atoms with van der Waals surface area (Å²) in [6, 6.07) is 7.37. The Morgan fingerprint density at radius 1 is 1.32 bits per heavy atom. The van der Waals surface area contributed by atoms with Crippen LogP contribution in [0.25, 0.3) is 6.08 Å². The molecule has 0 unspecified atom stereocenters. The molecule has 1 aromatic carbocycles. The van der Waals surface area contributed by atoms with Gasteiger partial charge >= 0.3 is 5.97 Å². The molecule has 22 heavy (non-hydrogen) atoms. The number of hydrogen-bond donors (Lipinski definition) is 0. The second-order valence-electron chi connectivity index (χ2n) is 4.43. The van der Waals surface area contributed by atoms with Crippen molar-refractivity contribution in [3.63, 3.8) is 0 Å².